The minimum atomic E-state index is -0.583. The number of imidazole rings is 1. The lowest BCUT2D eigenvalue weighted by Crippen LogP contribution is -2.27. The second kappa shape index (κ2) is 10.1. The molecule has 3 aromatic heterocycles. The van der Waals surface area contributed by atoms with Crippen molar-refractivity contribution < 1.29 is 23.8 Å². The van der Waals surface area contributed by atoms with E-state index in [1.807, 2.05) is 13.8 Å². The second-order valence-electron chi connectivity index (χ2n) is 8.19. The molecule has 0 aliphatic heterocycles. The Morgan fingerprint density at radius 2 is 2.11 bits per heavy atom. The number of aromatic nitrogens is 5. The van der Waals surface area contributed by atoms with Gasteiger partial charge in [0.2, 0.25) is 0 Å². The Morgan fingerprint density at radius 1 is 1.37 bits per heavy atom. The predicted molar refractivity (Wildman–Crippen MR) is 128 cm³/mol. The number of carbonyl (C=O) groups excluding carboxylic acids is 1. The number of amides is 1. The quantitative estimate of drug-likeness (QED) is 0.287. The molecule has 1 saturated carbocycles. The summed E-state index contributed by atoms with van der Waals surface area (Å²) in [6.45, 7) is 3.57. The molecule has 4 N–H and O–H groups in total. The first kappa shape index (κ1) is 24.2. The molecule has 0 saturated heterocycles. The number of fused-ring (bicyclic) bond motifs is 2. The first-order valence-corrected chi connectivity index (χ1v) is 11.2. The Bertz CT molecular complexity index is 1380. The maximum Gasteiger partial charge on any atom is 0.413 e. The molecule has 1 aliphatic carbocycles. The highest BCUT2D eigenvalue weighted by molar-refractivity contribution is 6.35. The van der Waals surface area contributed by atoms with Crippen molar-refractivity contribution in [1.82, 2.24) is 24.6 Å². The number of benzene rings is 1. The van der Waals surface area contributed by atoms with Crippen molar-refractivity contribution in [3.8, 4) is 11.3 Å². The maximum atomic E-state index is 15.2. The summed E-state index contributed by atoms with van der Waals surface area (Å²) in [6.07, 6.45) is 8.70. The Morgan fingerprint density at radius 3 is 2.77 bits per heavy atom. The van der Waals surface area contributed by atoms with Crippen LogP contribution >= 0.6 is 11.6 Å². The van der Waals surface area contributed by atoms with Crippen LogP contribution in [0.1, 0.15) is 33.1 Å². The molecule has 4 aromatic rings. The molecule has 0 atom stereocenters. The maximum absolute atomic E-state index is 15.2. The lowest BCUT2D eigenvalue weighted by Gasteiger charge is -2.24. The highest BCUT2D eigenvalue weighted by Crippen LogP contribution is 2.40. The summed E-state index contributed by atoms with van der Waals surface area (Å²) < 4.78 is 22.1. The van der Waals surface area contributed by atoms with Gasteiger partial charge in [-0.2, -0.15) is 5.10 Å². The van der Waals surface area contributed by atoms with E-state index in [-0.39, 0.29) is 29.3 Å². The summed E-state index contributed by atoms with van der Waals surface area (Å²) in [5.74, 6) is -0.253. The molecular weight excluding hydrogens is 481 g/mol. The molecule has 0 radical (unpaired) electrons. The van der Waals surface area contributed by atoms with Crippen molar-refractivity contribution in [3.63, 3.8) is 0 Å². The van der Waals surface area contributed by atoms with E-state index in [2.05, 4.69) is 30.8 Å². The summed E-state index contributed by atoms with van der Waals surface area (Å²) in [6, 6.07) is 0.000225. The molecule has 1 aromatic carbocycles. The number of aromatic amines is 1. The van der Waals surface area contributed by atoms with Crippen LogP contribution in [0, 0.1) is 5.82 Å². The molecule has 0 bridgehead atoms. The topological polar surface area (TPSA) is 147 Å². The van der Waals surface area contributed by atoms with Gasteiger partial charge in [0, 0.05) is 23.2 Å². The number of hydrogen-bond acceptors (Lipinski definition) is 7. The van der Waals surface area contributed by atoms with Crippen molar-refractivity contribution in [2.45, 2.75) is 45.3 Å². The predicted octanol–water partition coefficient (Wildman–Crippen LogP) is 4.69. The van der Waals surface area contributed by atoms with Crippen molar-refractivity contribution in [3.05, 3.63) is 35.6 Å². The SMILES string of the molecule is CC(C)Nc1c(F)c(Cl)c(-c2cn3cc(NC(=O)OC4CCC4)nc3cn2)c2cn[nH]c12.O=CO. The van der Waals surface area contributed by atoms with Crippen LogP contribution in [0.2, 0.25) is 5.02 Å². The molecular formula is C22H23ClFN7O4. The molecule has 5 rings (SSSR count). The molecule has 35 heavy (non-hydrogen) atoms. The Labute approximate surface area is 203 Å². The molecule has 0 unspecified atom stereocenters. The van der Waals surface area contributed by atoms with E-state index in [0.717, 1.165) is 19.3 Å². The van der Waals surface area contributed by atoms with Gasteiger partial charge in [0.25, 0.3) is 6.47 Å². The largest absolute Gasteiger partial charge is 0.483 e. The van der Waals surface area contributed by atoms with Gasteiger partial charge in [-0.15, -0.1) is 0 Å². The van der Waals surface area contributed by atoms with Gasteiger partial charge in [0.1, 0.15) is 6.10 Å². The summed E-state index contributed by atoms with van der Waals surface area (Å²) in [5, 5.41) is 20.1. The minimum Gasteiger partial charge on any atom is -0.483 e. The van der Waals surface area contributed by atoms with E-state index in [9.17, 15) is 4.79 Å². The fraction of sp³-hybridized carbons (Fsp3) is 0.318. The summed E-state index contributed by atoms with van der Waals surface area (Å²) in [7, 11) is 0. The Kier molecular flexibility index (Phi) is 7.01. The number of H-pyrrole nitrogens is 1. The highest BCUT2D eigenvalue weighted by Gasteiger charge is 2.24. The van der Waals surface area contributed by atoms with Crippen molar-refractivity contribution in [2.24, 2.45) is 0 Å². The van der Waals surface area contributed by atoms with E-state index >= 15 is 4.39 Å². The fourth-order valence-electron chi connectivity index (χ4n) is 3.65. The van der Waals surface area contributed by atoms with Crippen LogP contribution in [0.25, 0.3) is 27.8 Å². The molecule has 184 valence electrons. The van der Waals surface area contributed by atoms with Crippen molar-refractivity contribution in [1.29, 1.82) is 0 Å². The third-order valence-corrected chi connectivity index (χ3v) is 5.73. The lowest BCUT2D eigenvalue weighted by atomic mass is 9.96. The number of anilines is 2. The number of ether oxygens (including phenoxy) is 1. The Hall–Kier alpha value is -3.93. The standard InChI is InChI=1S/C21H21ClFN7O2.CH2O2/c1-10(2)26-20-18(23)17(22)16(12-6-25-29-19(12)20)13-8-30-9-14(27-15(30)7-24-13)28-21(31)32-11-4-3-5-11;2-1-3/h6-11,26H,3-5H2,1-2H3,(H,25,29)(H,28,31);1H,(H,2,3). The van der Waals surface area contributed by atoms with E-state index < -0.39 is 11.9 Å². The van der Waals surface area contributed by atoms with Crippen molar-refractivity contribution in [2.75, 3.05) is 10.6 Å². The molecule has 3 heterocycles. The average molecular weight is 504 g/mol. The van der Waals surface area contributed by atoms with E-state index in [0.29, 0.717) is 33.6 Å². The number of halogens is 2. The smallest absolute Gasteiger partial charge is 0.413 e. The number of rotatable bonds is 5. The zero-order chi connectivity index (χ0) is 25.1. The third-order valence-electron chi connectivity index (χ3n) is 5.38. The first-order chi connectivity index (χ1) is 16.8. The summed E-state index contributed by atoms with van der Waals surface area (Å²) in [5.41, 5.74) is 2.12. The zero-order valence-electron chi connectivity index (χ0n) is 18.9. The van der Waals surface area contributed by atoms with Crippen LogP contribution in [0.3, 0.4) is 0 Å². The number of carboxylic acid groups (broad SMARTS) is 1. The molecule has 1 fully saturated rings. The van der Waals surface area contributed by atoms with Gasteiger partial charge >= 0.3 is 6.09 Å². The third kappa shape index (κ3) is 4.97. The monoisotopic (exact) mass is 503 g/mol. The van der Waals surface area contributed by atoms with E-state index in [1.54, 1.807) is 23.0 Å². The van der Waals surface area contributed by atoms with Gasteiger partial charge in [-0.05, 0) is 33.1 Å². The number of carbonyl (C=O) groups is 2. The molecule has 13 heteroatoms. The fourth-order valence-corrected chi connectivity index (χ4v) is 3.94. The lowest BCUT2D eigenvalue weighted by molar-refractivity contribution is -0.122. The van der Waals surface area contributed by atoms with Gasteiger partial charge in [-0.3, -0.25) is 20.2 Å². The summed E-state index contributed by atoms with van der Waals surface area (Å²) in [4.78, 5) is 29.1. The van der Waals surface area contributed by atoms with E-state index in [4.69, 9.17) is 26.2 Å². The zero-order valence-corrected chi connectivity index (χ0v) is 19.6. The van der Waals surface area contributed by atoms with Crippen LogP contribution in [0.15, 0.2) is 24.8 Å². The van der Waals surface area contributed by atoms with Crippen LogP contribution < -0.4 is 10.6 Å². The number of hydrogen-bond donors (Lipinski definition) is 4. The number of nitrogens with one attached hydrogen (secondary N) is 3. The van der Waals surface area contributed by atoms with Crippen LogP contribution in [0.4, 0.5) is 20.7 Å². The normalized spacial score (nSPS) is 13.3. The Balaban J connectivity index is 0.000000917. The average Bonchev–Trinajstić information content (AvgIpc) is 3.41. The second-order valence-corrected chi connectivity index (χ2v) is 8.57. The van der Waals surface area contributed by atoms with Crippen LogP contribution in [0.5, 0.6) is 0 Å². The molecule has 1 amide bonds. The highest BCUT2D eigenvalue weighted by atomic mass is 35.5. The van der Waals surface area contributed by atoms with Crippen molar-refractivity contribution >= 4 is 52.2 Å². The van der Waals surface area contributed by atoms with Crippen LogP contribution in [-0.4, -0.2) is 54.4 Å². The van der Waals surface area contributed by atoms with Crippen LogP contribution in [-0.2, 0) is 9.53 Å². The van der Waals surface area contributed by atoms with Gasteiger partial charge in [-0.25, -0.2) is 14.2 Å². The molecule has 1 aliphatic rings. The van der Waals surface area contributed by atoms with Gasteiger partial charge < -0.3 is 19.6 Å². The summed E-state index contributed by atoms with van der Waals surface area (Å²) >= 11 is 6.45. The minimum absolute atomic E-state index is 0.000225. The van der Waals surface area contributed by atoms with Gasteiger partial charge in [0.15, 0.2) is 17.3 Å². The number of nitrogens with zero attached hydrogens (tertiary/aromatic N) is 4. The molecule has 11 nitrogen and oxygen atoms in total. The molecule has 0 spiro atoms. The van der Waals surface area contributed by atoms with E-state index in [1.165, 1.54) is 6.20 Å². The first-order valence-electron chi connectivity index (χ1n) is 10.8. The van der Waals surface area contributed by atoms with Gasteiger partial charge in [-0.1, -0.05) is 11.6 Å². The van der Waals surface area contributed by atoms with Gasteiger partial charge in [0.05, 0.1) is 40.5 Å².